The number of hydroxylamine groups is 2. The maximum absolute atomic E-state index is 13.6. The number of carbonyl (C=O) groups excluding carboxylic acids is 1. The first-order chi connectivity index (χ1) is 9.29. The third-order valence-corrected chi connectivity index (χ3v) is 3.03. The van der Waals surface area contributed by atoms with Crippen LogP contribution in [-0.2, 0) is 9.57 Å². The van der Waals surface area contributed by atoms with E-state index in [2.05, 4.69) is 4.98 Å². The largest absolute Gasteiger partial charge is 0.442 e. The molecule has 0 unspecified atom stereocenters. The standard InChI is InChI=1S/C14H19FN2O3/c1-9-10(7-16-8-11(9)15)12-5-6-19-17(12)13(18)20-14(2,3)4/h7-8,12H,5-6H2,1-4H3/t12-/m0/s1. The zero-order valence-corrected chi connectivity index (χ0v) is 12.1. The number of carbonyl (C=O) groups is 1. The van der Waals surface area contributed by atoms with Crippen LogP contribution in [0.1, 0.15) is 44.4 Å². The summed E-state index contributed by atoms with van der Waals surface area (Å²) in [5, 5.41) is 1.18. The molecule has 2 rings (SSSR count). The zero-order valence-electron chi connectivity index (χ0n) is 12.1. The van der Waals surface area contributed by atoms with Crippen LogP contribution in [0, 0.1) is 12.7 Å². The molecule has 1 atom stereocenters. The van der Waals surface area contributed by atoms with Gasteiger partial charge in [-0.25, -0.2) is 9.18 Å². The van der Waals surface area contributed by atoms with Crippen molar-refractivity contribution in [3.8, 4) is 0 Å². The average Bonchev–Trinajstić information content (AvgIpc) is 2.79. The van der Waals surface area contributed by atoms with Gasteiger partial charge in [-0.15, -0.1) is 0 Å². The van der Waals surface area contributed by atoms with E-state index in [0.29, 0.717) is 24.2 Å². The third-order valence-electron chi connectivity index (χ3n) is 3.03. The Bertz CT molecular complexity index is 514. The number of ether oxygens (including phenoxy) is 1. The topological polar surface area (TPSA) is 51.7 Å². The van der Waals surface area contributed by atoms with Gasteiger partial charge in [-0.2, -0.15) is 5.06 Å². The van der Waals surface area contributed by atoms with E-state index in [0.717, 1.165) is 6.20 Å². The van der Waals surface area contributed by atoms with Crippen molar-refractivity contribution in [2.75, 3.05) is 6.61 Å². The van der Waals surface area contributed by atoms with Crippen LogP contribution in [0.2, 0.25) is 0 Å². The van der Waals surface area contributed by atoms with Gasteiger partial charge in [-0.05, 0) is 33.3 Å². The first-order valence-corrected chi connectivity index (χ1v) is 6.55. The SMILES string of the molecule is Cc1c(F)cncc1[C@@H]1CCON1C(=O)OC(C)(C)C. The lowest BCUT2D eigenvalue weighted by Crippen LogP contribution is -2.36. The Morgan fingerprint density at radius 1 is 1.50 bits per heavy atom. The van der Waals surface area contributed by atoms with Crippen LogP contribution in [-0.4, -0.2) is 28.3 Å². The van der Waals surface area contributed by atoms with Gasteiger partial charge in [0.05, 0.1) is 18.8 Å². The molecule has 0 aliphatic carbocycles. The van der Waals surface area contributed by atoms with Gasteiger partial charge >= 0.3 is 6.09 Å². The van der Waals surface area contributed by atoms with E-state index < -0.39 is 17.5 Å². The molecule has 0 spiro atoms. The van der Waals surface area contributed by atoms with Gasteiger partial charge in [-0.1, -0.05) is 0 Å². The highest BCUT2D eigenvalue weighted by Gasteiger charge is 2.36. The molecule has 20 heavy (non-hydrogen) atoms. The fraction of sp³-hybridized carbons (Fsp3) is 0.571. The molecule has 0 radical (unpaired) electrons. The Morgan fingerprint density at radius 2 is 2.20 bits per heavy atom. The molecule has 0 aromatic carbocycles. The fourth-order valence-corrected chi connectivity index (χ4v) is 2.09. The molecule has 1 fully saturated rings. The first-order valence-electron chi connectivity index (χ1n) is 6.55. The van der Waals surface area contributed by atoms with Crippen molar-refractivity contribution in [3.63, 3.8) is 0 Å². The lowest BCUT2D eigenvalue weighted by molar-refractivity contribution is -0.125. The molecule has 1 aliphatic heterocycles. The van der Waals surface area contributed by atoms with Gasteiger partial charge in [-0.3, -0.25) is 9.82 Å². The van der Waals surface area contributed by atoms with E-state index in [9.17, 15) is 9.18 Å². The maximum atomic E-state index is 13.6. The Labute approximate surface area is 117 Å². The smallest absolute Gasteiger partial charge is 0.435 e. The van der Waals surface area contributed by atoms with Crippen LogP contribution in [0.15, 0.2) is 12.4 Å². The Morgan fingerprint density at radius 3 is 2.85 bits per heavy atom. The van der Waals surface area contributed by atoms with E-state index in [1.165, 1.54) is 5.06 Å². The van der Waals surface area contributed by atoms with Crippen LogP contribution in [0.4, 0.5) is 9.18 Å². The van der Waals surface area contributed by atoms with E-state index in [1.807, 2.05) is 0 Å². The van der Waals surface area contributed by atoms with Gasteiger partial charge in [0.2, 0.25) is 0 Å². The number of nitrogens with zero attached hydrogens (tertiary/aromatic N) is 2. The number of hydrogen-bond donors (Lipinski definition) is 0. The van der Waals surface area contributed by atoms with E-state index >= 15 is 0 Å². The number of halogens is 1. The second-order valence-electron chi connectivity index (χ2n) is 5.78. The highest BCUT2D eigenvalue weighted by atomic mass is 19.1. The summed E-state index contributed by atoms with van der Waals surface area (Å²) < 4.78 is 18.9. The number of amides is 1. The van der Waals surface area contributed by atoms with Crippen molar-refractivity contribution >= 4 is 6.09 Å². The second-order valence-corrected chi connectivity index (χ2v) is 5.78. The summed E-state index contributed by atoms with van der Waals surface area (Å²) in [6.07, 6.45) is 2.75. The van der Waals surface area contributed by atoms with E-state index in [4.69, 9.17) is 9.57 Å². The third kappa shape index (κ3) is 3.07. The number of pyridine rings is 1. The summed E-state index contributed by atoms with van der Waals surface area (Å²) in [6.45, 7) is 7.40. The summed E-state index contributed by atoms with van der Waals surface area (Å²) in [6, 6.07) is -0.368. The van der Waals surface area contributed by atoms with Crippen LogP contribution in [0.5, 0.6) is 0 Å². The molecule has 0 saturated carbocycles. The van der Waals surface area contributed by atoms with Gasteiger partial charge in [0.1, 0.15) is 11.4 Å². The molecule has 1 saturated heterocycles. The minimum Gasteiger partial charge on any atom is -0.442 e. The Balaban J connectivity index is 2.23. The molecule has 5 nitrogen and oxygen atoms in total. The predicted molar refractivity (Wildman–Crippen MR) is 70.3 cm³/mol. The molecule has 1 amide bonds. The van der Waals surface area contributed by atoms with Gasteiger partial charge < -0.3 is 4.74 Å². The summed E-state index contributed by atoms with van der Waals surface area (Å²) in [4.78, 5) is 21.3. The molecule has 1 aromatic heterocycles. The molecule has 1 aromatic rings. The molecular formula is C14H19FN2O3. The summed E-state index contributed by atoms with van der Waals surface area (Å²) in [5.41, 5.74) is 0.514. The minimum absolute atomic E-state index is 0.368. The van der Waals surface area contributed by atoms with Gasteiger partial charge in [0.15, 0.2) is 0 Å². The van der Waals surface area contributed by atoms with Crippen LogP contribution in [0.25, 0.3) is 0 Å². The molecule has 2 heterocycles. The van der Waals surface area contributed by atoms with Gasteiger partial charge in [0, 0.05) is 18.2 Å². The lowest BCUT2D eigenvalue weighted by Gasteiger charge is -2.27. The predicted octanol–water partition coefficient (Wildman–Crippen LogP) is 3.14. The van der Waals surface area contributed by atoms with Crippen molar-refractivity contribution in [3.05, 3.63) is 29.3 Å². The molecular weight excluding hydrogens is 263 g/mol. The monoisotopic (exact) mass is 282 g/mol. The second kappa shape index (κ2) is 5.36. The van der Waals surface area contributed by atoms with Gasteiger partial charge in [0.25, 0.3) is 0 Å². The normalized spacial score (nSPS) is 19.2. The van der Waals surface area contributed by atoms with Crippen LogP contribution < -0.4 is 0 Å². The molecule has 0 N–H and O–H groups in total. The number of aromatic nitrogens is 1. The van der Waals surface area contributed by atoms with Crippen molar-refractivity contribution < 1.29 is 18.8 Å². The van der Waals surface area contributed by atoms with E-state index in [-0.39, 0.29) is 6.04 Å². The highest BCUT2D eigenvalue weighted by Crippen LogP contribution is 2.33. The Hall–Kier alpha value is -1.69. The average molecular weight is 282 g/mol. The first kappa shape index (κ1) is 14.7. The van der Waals surface area contributed by atoms with Crippen LogP contribution in [0.3, 0.4) is 0 Å². The Kier molecular flexibility index (Phi) is 3.94. The number of hydrogen-bond acceptors (Lipinski definition) is 4. The molecule has 1 aliphatic rings. The van der Waals surface area contributed by atoms with Crippen LogP contribution >= 0.6 is 0 Å². The molecule has 110 valence electrons. The summed E-state index contributed by atoms with van der Waals surface area (Å²) in [7, 11) is 0. The highest BCUT2D eigenvalue weighted by molar-refractivity contribution is 5.68. The van der Waals surface area contributed by atoms with Crippen molar-refractivity contribution in [1.29, 1.82) is 0 Å². The zero-order chi connectivity index (χ0) is 14.9. The molecule has 6 heteroatoms. The quantitative estimate of drug-likeness (QED) is 0.794. The van der Waals surface area contributed by atoms with Crippen molar-refractivity contribution in [2.24, 2.45) is 0 Å². The maximum Gasteiger partial charge on any atom is 0.435 e. The number of rotatable bonds is 1. The fourth-order valence-electron chi connectivity index (χ4n) is 2.09. The van der Waals surface area contributed by atoms with Crippen molar-refractivity contribution in [1.82, 2.24) is 10.0 Å². The summed E-state index contributed by atoms with van der Waals surface area (Å²) >= 11 is 0. The lowest BCUT2D eigenvalue weighted by atomic mass is 10.0. The van der Waals surface area contributed by atoms with Crippen molar-refractivity contribution in [2.45, 2.75) is 45.8 Å². The molecule has 0 bridgehead atoms. The van der Waals surface area contributed by atoms with E-state index in [1.54, 1.807) is 33.9 Å². The minimum atomic E-state index is -0.608. The summed E-state index contributed by atoms with van der Waals surface area (Å²) in [5.74, 6) is -0.390.